The van der Waals surface area contributed by atoms with Gasteiger partial charge in [0.2, 0.25) is 11.8 Å². The normalized spacial score (nSPS) is 12.0. The van der Waals surface area contributed by atoms with Gasteiger partial charge in [-0.2, -0.15) is 0 Å². The molecular formula is C16H22N2O4. The molecule has 6 heteroatoms. The number of carbonyl (C=O) groups is 2. The van der Waals surface area contributed by atoms with Crippen LogP contribution in [0.25, 0.3) is 6.08 Å². The van der Waals surface area contributed by atoms with Gasteiger partial charge in [0, 0.05) is 19.2 Å². The zero-order valence-corrected chi connectivity index (χ0v) is 12.8. The first-order valence-corrected chi connectivity index (χ1v) is 7.08. The summed E-state index contributed by atoms with van der Waals surface area (Å²) in [5, 5.41) is 13.8. The number of aliphatic hydroxyl groups is 1. The molecule has 22 heavy (non-hydrogen) atoms. The fourth-order valence-corrected chi connectivity index (χ4v) is 1.66. The fraction of sp³-hybridized carbons (Fsp3) is 0.375. The molecule has 2 amide bonds. The van der Waals surface area contributed by atoms with E-state index in [2.05, 4.69) is 10.6 Å². The Bertz CT molecular complexity index is 511. The van der Waals surface area contributed by atoms with E-state index in [0.717, 1.165) is 11.3 Å². The number of rotatable bonds is 8. The van der Waals surface area contributed by atoms with E-state index in [9.17, 15) is 9.59 Å². The number of hydrogen-bond acceptors (Lipinski definition) is 4. The van der Waals surface area contributed by atoms with Crippen molar-refractivity contribution in [1.82, 2.24) is 10.6 Å². The summed E-state index contributed by atoms with van der Waals surface area (Å²) in [5.74, 6) is 0.120. The maximum Gasteiger partial charge on any atom is 0.244 e. The minimum Gasteiger partial charge on any atom is -0.497 e. The first-order chi connectivity index (χ1) is 10.6. The third-order valence-electron chi connectivity index (χ3n) is 2.93. The molecule has 0 spiro atoms. The molecule has 6 nitrogen and oxygen atoms in total. The van der Waals surface area contributed by atoms with Crippen LogP contribution in [-0.4, -0.2) is 43.2 Å². The maximum atomic E-state index is 11.7. The molecule has 0 fully saturated rings. The lowest BCUT2D eigenvalue weighted by atomic mass is 10.2. The summed E-state index contributed by atoms with van der Waals surface area (Å²) in [6.07, 6.45) is 3.52. The average molecular weight is 306 g/mol. The number of ether oxygens (including phenoxy) is 1. The standard InChI is InChI=1S/C16H22N2O4/c1-12(16(21)17-10-3-11-19)18-15(20)9-6-13-4-7-14(22-2)8-5-13/h4-9,12,19H,3,10-11H2,1-2H3,(H,17,21)(H,18,20)/b9-6+. The maximum absolute atomic E-state index is 11.7. The van der Waals surface area contributed by atoms with Crippen LogP contribution < -0.4 is 15.4 Å². The van der Waals surface area contributed by atoms with Gasteiger partial charge in [0.25, 0.3) is 0 Å². The van der Waals surface area contributed by atoms with Crippen LogP contribution in [0.2, 0.25) is 0 Å². The number of amides is 2. The third kappa shape index (κ3) is 6.41. The van der Waals surface area contributed by atoms with E-state index in [-0.39, 0.29) is 18.4 Å². The molecule has 0 aliphatic heterocycles. The van der Waals surface area contributed by atoms with E-state index in [0.29, 0.717) is 13.0 Å². The van der Waals surface area contributed by atoms with Crippen LogP contribution in [0.3, 0.4) is 0 Å². The van der Waals surface area contributed by atoms with E-state index in [1.165, 1.54) is 6.08 Å². The van der Waals surface area contributed by atoms with Gasteiger partial charge in [-0.3, -0.25) is 9.59 Å². The van der Waals surface area contributed by atoms with Crippen molar-refractivity contribution in [1.29, 1.82) is 0 Å². The fourth-order valence-electron chi connectivity index (χ4n) is 1.66. The molecule has 0 radical (unpaired) electrons. The summed E-state index contributed by atoms with van der Waals surface area (Å²) in [5.41, 5.74) is 0.857. The largest absolute Gasteiger partial charge is 0.497 e. The van der Waals surface area contributed by atoms with Crippen LogP contribution in [0.4, 0.5) is 0 Å². The number of benzene rings is 1. The Balaban J connectivity index is 2.43. The van der Waals surface area contributed by atoms with E-state index >= 15 is 0 Å². The number of methoxy groups -OCH3 is 1. The molecule has 0 saturated carbocycles. The van der Waals surface area contributed by atoms with Crippen molar-refractivity contribution in [2.45, 2.75) is 19.4 Å². The highest BCUT2D eigenvalue weighted by atomic mass is 16.5. The summed E-state index contributed by atoms with van der Waals surface area (Å²) in [4.78, 5) is 23.4. The summed E-state index contributed by atoms with van der Waals surface area (Å²) in [6.45, 7) is 2.01. The van der Waals surface area contributed by atoms with Gasteiger partial charge in [-0.25, -0.2) is 0 Å². The molecule has 1 unspecified atom stereocenters. The summed E-state index contributed by atoms with van der Waals surface area (Å²) >= 11 is 0. The molecule has 0 aliphatic rings. The van der Waals surface area contributed by atoms with Crippen molar-refractivity contribution >= 4 is 17.9 Å². The van der Waals surface area contributed by atoms with Gasteiger partial charge in [0.15, 0.2) is 0 Å². The molecule has 120 valence electrons. The number of hydrogen-bond donors (Lipinski definition) is 3. The van der Waals surface area contributed by atoms with Crippen LogP contribution in [0.1, 0.15) is 18.9 Å². The SMILES string of the molecule is COc1ccc(/C=C/C(=O)NC(C)C(=O)NCCCO)cc1. The molecule has 0 saturated heterocycles. The summed E-state index contributed by atoms with van der Waals surface area (Å²) < 4.78 is 5.05. The molecule has 1 atom stereocenters. The molecule has 1 aromatic rings. The van der Waals surface area contributed by atoms with Gasteiger partial charge in [0.05, 0.1) is 7.11 Å². The first-order valence-electron chi connectivity index (χ1n) is 7.08. The Morgan fingerprint density at radius 1 is 1.32 bits per heavy atom. The van der Waals surface area contributed by atoms with Gasteiger partial charge in [-0.1, -0.05) is 12.1 Å². The predicted molar refractivity (Wildman–Crippen MR) is 84.3 cm³/mol. The van der Waals surface area contributed by atoms with E-state index in [1.807, 2.05) is 12.1 Å². The highest BCUT2D eigenvalue weighted by Crippen LogP contribution is 2.12. The topological polar surface area (TPSA) is 87.7 Å². The molecule has 0 bridgehead atoms. The van der Waals surface area contributed by atoms with Crippen molar-refractivity contribution < 1.29 is 19.4 Å². The molecular weight excluding hydrogens is 284 g/mol. The molecule has 1 rings (SSSR count). The predicted octanol–water partition coefficient (Wildman–Crippen LogP) is 0.712. The second-order valence-electron chi connectivity index (χ2n) is 4.70. The van der Waals surface area contributed by atoms with Crippen molar-refractivity contribution in [2.75, 3.05) is 20.3 Å². The quantitative estimate of drug-likeness (QED) is 0.487. The van der Waals surface area contributed by atoms with Crippen LogP contribution in [-0.2, 0) is 9.59 Å². The van der Waals surface area contributed by atoms with E-state index < -0.39 is 6.04 Å². The lowest BCUT2D eigenvalue weighted by Gasteiger charge is -2.12. The summed E-state index contributed by atoms with van der Waals surface area (Å²) in [7, 11) is 1.59. The third-order valence-corrected chi connectivity index (χ3v) is 2.93. The Morgan fingerprint density at radius 3 is 2.59 bits per heavy atom. The molecule has 3 N–H and O–H groups in total. The van der Waals surface area contributed by atoms with Gasteiger partial charge < -0.3 is 20.5 Å². The van der Waals surface area contributed by atoms with Crippen LogP contribution in [0.15, 0.2) is 30.3 Å². The van der Waals surface area contributed by atoms with Gasteiger partial charge >= 0.3 is 0 Å². The Labute approximate surface area is 130 Å². The molecule has 0 aliphatic carbocycles. The minimum atomic E-state index is -0.633. The molecule has 0 aromatic heterocycles. The lowest BCUT2D eigenvalue weighted by Crippen LogP contribution is -2.44. The van der Waals surface area contributed by atoms with Crippen molar-refractivity contribution in [3.63, 3.8) is 0 Å². The first kappa shape index (κ1) is 17.7. The van der Waals surface area contributed by atoms with Gasteiger partial charge in [-0.15, -0.1) is 0 Å². The van der Waals surface area contributed by atoms with Crippen LogP contribution in [0, 0.1) is 0 Å². The smallest absolute Gasteiger partial charge is 0.244 e. The van der Waals surface area contributed by atoms with Crippen molar-refractivity contribution in [3.8, 4) is 5.75 Å². The second-order valence-corrected chi connectivity index (χ2v) is 4.70. The van der Waals surface area contributed by atoms with E-state index in [4.69, 9.17) is 9.84 Å². The Morgan fingerprint density at radius 2 is 2.00 bits per heavy atom. The highest BCUT2D eigenvalue weighted by Gasteiger charge is 2.13. The van der Waals surface area contributed by atoms with E-state index in [1.54, 1.807) is 32.2 Å². The lowest BCUT2D eigenvalue weighted by molar-refractivity contribution is -0.126. The van der Waals surface area contributed by atoms with Crippen LogP contribution >= 0.6 is 0 Å². The Hall–Kier alpha value is -2.34. The zero-order valence-electron chi connectivity index (χ0n) is 12.8. The van der Waals surface area contributed by atoms with Crippen molar-refractivity contribution in [3.05, 3.63) is 35.9 Å². The van der Waals surface area contributed by atoms with Crippen LogP contribution in [0.5, 0.6) is 5.75 Å². The monoisotopic (exact) mass is 306 g/mol. The van der Waals surface area contributed by atoms with Gasteiger partial charge in [0.1, 0.15) is 11.8 Å². The second kappa shape index (κ2) is 9.57. The minimum absolute atomic E-state index is 0.0195. The highest BCUT2D eigenvalue weighted by molar-refractivity contribution is 5.95. The zero-order chi connectivity index (χ0) is 16.4. The molecule has 1 aromatic carbocycles. The van der Waals surface area contributed by atoms with Crippen molar-refractivity contribution in [2.24, 2.45) is 0 Å². The average Bonchev–Trinajstić information content (AvgIpc) is 2.53. The van der Waals surface area contributed by atoms with Gasteiger partial charge in [-0.05, 0) is 37.1 Å². The molecule has 0 heterocycles. The number of carbonyl (C=O) groups excluding carboxylic acids is 2. The Kier molecular flexibility index (Phi) is 7.70. The number of aliphatic hydroxyl groups excluding tert-OH is 1. The summed E-state index contributed by atoms with van der Waals surface area (Å²) in [6, 6.07) is 6.62. The number of nitrogens with one attached hydrogen (secondary N) is 2.